The molecule has 0 aliphatic carbocycles. The van der Waals surface area contributed by atoms with E-state index in [1.165, 1.54) is 12.3 Å². The van der Waals surface area contributed by atoms with Gasteiger partial charge in [-0.25, -0.2) is 4.39 Å². The van der Waals surface area contributed by atoms with E-state index in [0.29, 0.717) is 13.1 Å². The molecule has 0 unspecified atom stereocenters. The summed E-state index contributed by atoms with van der Waals surface area (Å²) in [6, 6.07) is 1.39. The molecule has 0 aromatic carbocycles. The summed E-state index contributed by atoms with van der Waals surface area (Å²) in [5, 5.41) is 0. The highest BCUT2D eigenvalue weighted by Crippen LogP contribution is 2.23. The Hall–Kier alpha value is -1.49. The number of hydrogen-bond donors (Lipinski definition) is 1. The van der Waals surface area contributed by atoms with Crippen LogP contribution in [-0.4, -0.2) is 34.4 Å². The van der Waals surface area contributed by atoms with Gasteiger partial charge in [-0.1, -0.05) is 6.92 Å². The molecule has 2 rings (SSSR count). The van der Waals surface area contributed by atoms with Gasteiger partial charge in [0.25, 0.3) is 5.91 Å². The molecule has 1 aromatic rings. The van der Waals surface area contributed by atoms with Gasteiger partial charge in [0, 0.05) is 19.3 Å². The number of hydrogen-bond acceptors (Lipinski definition) is 3. The van der Waals surface area contributed by atoms with Gasteiger partial charge in [-0.15, -0.1) is 0 Å². The number of nitrogens with two attached hydrogens (primary N) is 1. The third-order valence-corrected chi connectivity index (χ3v) is 3.01. The van der Waals surface area contributed by atoms with Gasteiger partial charge in [-0.2, -0.15) is 0 Å². The second kappa shape index (κ2) is 3.83. The summed E-state index contributed by atoms with van der Waals surface area (Å²) in [5.41, 5.74) is 5.72. The minimum atomic E-state index is -0.585. The number of carbonyl (C=O) groups is 1. The molecule has 4 nitrogen and oxygen atoms in total. The molecule has 0 atom stereocenters. The van der Waals surface area contributed by atoms with Crippen LogP contribution in [0.3, 0.4) is 0 Å². The lowest BCUT2D eigenvalue weighted by atomic mass is 9.88. The molecule has 5 heteroatoms. The summed E-state index contributed by atoms with van der Waals surface area (Å²) in [4.78, 5) is 17.0. The number of likely N-dealkylation sites (tertiary alicyclic amines) is 1. The van der Waals surface area contributed by atoms with Crippen molar-refractivity contribution >= 4 is 5.91 Å². The Bertz CT molecular complexity index is 415. The zero-order valence-electron chi connectivity index (χ0n) is 9.11. The van der Waals surface area contributed by atoms with Crippen LogP contribution in [0.15, 0.2) is 18.5 Å². The molecule has 1 fully saturated rings. The van der Waals surface area contributed by atoms with Gasteiger partial charge < -0.3 is 10.6 Å². The van der Waals surface area contributed by atoms with Crippen LogP contribution in [0.4, 0.5) is 4.39 Å². The lowest BCUT2D eigenvalue weighted by Gasteiger charge is -2.47. The van der Waals surface area contributed by atoms with Crippen LogP contribution in [0, 0.1) is 5.82 Å². The largest absolute Gasteiger partial charge is 0.335 e. The van der Waals surface area contributed by atoms with Crippen molar-refractivity contribution in [3.8, 4) is 0 Å². The Labute approximate surface area is 93.3 Å². The SMILES string of the molecule is CCC1(N)CN(C(=O)c2ccncc2F)C1. The molecule has 1 aliphatic heterocycles. The first-order chi connectivity index (χ1) is 7.56. The van der Waals surface area contributed by atoms with Gasteiger partial charge in [0.05, 0.1) is 17.3 Å². The number of halogens is 1. The first-order valence-corrected chi connectivity index (χ1v) is 5.23. The predicted molar refractivity (Wildman–Crippen MR) is 57.3 cm³/mol. The van der Waals surface area contributed by atoms with E-state index >= 15 is 0 Å². The van der Waals surface area contributed by atoms with Crippen molar-refractivity contribution in [2.75, 3.05) is 13.1 Å². The van der Waals surface area contributed by atoms with Crippen LogP contribution < -0.4 is 5.73 Å². The van der Waals surface area contributed by atoms with Gasteiger partial charge in [-0.3, -0.25) is 9.78 Å². The van der Waals surface area contributed by atoms with E-state index in [0.717, 1.165) is 12.6 Å². The molecule has 0 spiro atoms. The first-order valence-electron chi connectivity index (χ1n) is 5.23. The fraction of sp³-hybridized carbons (Fsp3) is 0.455. The van der Waals surface area contributed by atoms with Crippen LogP contribution in [-0.2, 0) is 0 Å². The molecule has 1 amide bonds. The number of amides is 1. The maximum absolute atomic E-state index is 13.3. The van der Waals surface area contributed by atoms with Crippen molar-refractivity contribution in [3.05, 3.63) is 29.8 Å². The zero-order valence-corrected chi connectivity index (χ0v) is 9.11. The quantitative estimate of drug-likeness (QED) is 0.806. The van der Waals surface area contributed by atoms with Gasteiger partial charge in [0.1, 0.15) is 0 Å². The summed E-state index contributed by atoms with van der Waals surface area (Å²) in [7, 11) is 0. The smallest absolute Gasteiger partial charge is 0.257 e. The topological polar surface area (TPSA) is 59.2 Å². The van der Waals surface area contributed by atoms with Crippen LogP contribution in [0.5, 0.6) is 0 Å². The van der Waals surface area contributed by atoms with Gasteiger partial charge in [0.2, 0.25) is 0 Å². The van der Waals surface area contributed by atoms with Gasteiger partial charge in [0.15, 0.2) is 5.82 Å². The predicted octanol–water partition coefficient (Wildman–Crippen LogP) is 0.784. The fourth-order valence-electron chi connectivity index (χ4n) is 1.80. The van der Waals surface area contributed by atoms with E-state index in [9.17, 15) is 9.18 Å². The Kier molecular flexibility index (Phi) is 2.63. The maximum atomic E-state index is 13.3. The third kappa shape index (κ3) is 1.78. The van der Waals surface area contributed by atoms with Crippen LogP contribution >= 0.6 is 0 Å². The van der Waals surface area contributed by atoms with Crippen molar-refractivity contribution in [2.24, 2.45) is 5.73 Å². The minimum absolute atomic E-state index is 0.0631. The Balaban J connectivity index is 2.09. The number of pyridine rings is 1. The van der Waals surface area contributed by atoms with E-state index in [2.05, 4.69) is 4.98 Å². The van der Waals surface area contributed by atoms with Gasteiger partial charge in [-0.05, 0) is 12.5 Å². The van der Waals surface area contributed by atoms with E-state index in [-0.39, 0.29) is 17.0 Å². The fourth-order valence-corrected chi connectivity index (χ4v) is 1.80. The second-order valence-electron chi connectivity index (χ2n) is 4.23. The van der Waals surface area contributed by atoms with Crippen LogP contribution in [0.1, 0.15) is 23.7 Å². The molecule has 0 bridgehead atoms. The molecule has 0 radical (unpaired) electrons. The van der Waals surface area contributed by atoms with Crippen molar-refractivity contribution in [3.63, 3.8) is 0 Å². The summed E-state index contributed by atoms with van der Waals surface area (Å²) < 4.78 is 13.3. The summed E-state index contributed by atoms with van der Waals surface area (Å²) in [5.74, 6) is -0.895. The standard InChI is InChI=1S/C11H14FN3O/c1-2-11(13)6-15(7-11)10(16)8-3-4-14-5-9(8)12/h3-5H,2,6-7,13H2,1H3. The molecule has 2 N–H and O–H groups in total. The average Bonchev–Trinajstić information content (AvgIpc) is 2.24. The zero-order chi connectivity index (χ0) is 11.8. The number of nitrogens with zero attached hydrogens (tertiary/aromatic N) is 2. The molecule has 86 valence electrons. The molecule has 0 saturated carbocycles. The van der Waals surface area contributed by atoms with Crippen LogP contribution in [0.25, 0.3) is 0 Å². The van der Waals surface area contributed by atoms with Gasteiger partial charge >= 0.3 is 0 Å². The molecular weight excluding hydrogens is 209 g/mol. The normalized spacial score (nSPS) is 18.1. The number of carbonyl (C=O) groups excluding carboxylic acids is 1. The molecule has 1 aliphatic rings. The highest BCUT2D eigenvalue weighted by Gasteiger charge is 2.41. The molecular formula is C11H14FN3O. The van der Waals surface area contributed by atoms with Crippen molar-refractivity contribution in [1.82, 2.24) is 9.88 Å². The second-order valence-corrected chi connectivity index (χ2v) is 4.23. The highest BCUT2D eigenvalue weighted by molar-refractivity contribution is 5.95. The first kappa shape index (κ1) is 11.0. The molecule has 1 saturated heterocycles. The Morgan fingerprint density at radius 1 is 1.69 bits per heavy atom. The maximum Gasteiger partial charge on any atom is 0.257 e. The summed E-state index contributed by atoms with van der Waals surface area (Å²) in [6.07, 6.45) is 3.27. The Morgan fingerprint density at radius 3 is 2.94 bits per heavy atom. The van der Waals surface area contributed by atoms with Crippen LogP contribution in [0.2, 0.25) is 0 Å². The molecule has 2 heterocycles. The minimum Gasteiger partial charge on any atom is -0.335 e. The lowest BCUT2D eigenvalue weighted by Crippen LogP contribution is -2.68. The monoisotopic (exact) mass is 223 g/mol. The highest BCUT2D eigenvalue weighted by atomic mass is 19.1. The number of aromatic nitrogens is 1. The van der Waals surface area contributed by atoms with Crippen molar-refractivity contribution in [1.29, 1.82) is 0 Å². The lowest BCUT2D eigenvalue weighted by molar-refractivity contribution is 0.0396. The van der Waals surface area contributed by atoms with E-state index < -0.39 is 5.82 Å². The third-order valence-electron chi connectivity index (χ3n) is 3.01. The number of rotatable bonds is 2. The van der Waals surface area contributed by atoms with E-state index in [4.69, 9.17) is 5.73 Å². The molecule has 1 aromatic heterocycles. The van der Waals surface area contributed by atoms with Crippen molar-refractivity contribution in [2.45, 2.75) is 18.9 Å². The van der Waals surface area contributed by atoms with Crippen molar-refractivity contribution < 1.29 is 9.18 Å². The average molecular weight is 223 g/mol. The molecule has 16 heavy (non-hydrogen) atoms. The Morgan fingerprint density at radius 2 is 2.38 bits per heavy atom. The van der Waals surface area contributed by atoms with E-state index in [1.807, 2.05) is 6.92 Å². The van der Waals surface area contributed by atoms with E-state index in [1.54, 1.807) is 4.90 Å². The summed E-state index contributed by atoms with van der Waals surface area (Å²) >= 11 is 0. The summed E-state index contributed by atoms with van der Waals surface area (Å²) in [6.45, 7) is 2.96.